The third-order valence-corrected chi connectivity index (χ3v) is 12.7. The fourth-order valence-corrected chi connectivity index (χ4v) is 9.83. The van der Waals surface area contributed by atoms with Crippen molar-refractivity contribution in [2.45, 2.75) is 64.2 Å². The van der Waals surface area contributed by atoms with Gasteiger partial charge >= 0.3 is 0 Å². The molecule has 7 heteroatoms. The first-order valence-electron chi connectivity index (χ1n) is 8.04. The highest BCUT2D eigenvalue weighted by molar-refractivity contribution is 6.86. The standard InChI is InChI=1S/C17H23BF4OSi/c1-8(2)24(9(3)4,10(5)6)7-11(23)12-14(19)16(21)13(18)17(22)15(12)20/h8-10H,7H2,1-6H3. The van der Waals surface area contributed by atoms with Crippen molar-refractivity contribution in [2.75, 3.05) is 0 Å². The van der Waals surface area contributed by atoms with E-state index in [9.17, 15) is 22.4 Å². The largest absolute Gasteiger partial charge is 0.294 e. The van der Waals surface area contributed by atoms with Gasteiger partial charge in [-0.15, -0.1) is 0 Å². The first-order chi connectivity index (χ1) is 10.9. The molecule has 0 fully saturated rings. The van der Waals surface area contributed by atoms with Gasteiger partial charge in [0.05, 0.1) is 13.6 Å². The van der Waals surface area contributed by atoms with Gasteiger partial charge in [0, 0.05) is 6.04 Å². The van der Waals surface area contributed by atoms with Gasteiger partial charge in [0.25, 0.3) is 0 Å². The lowest BCUT2D eigenvalue weighted by Gasteiger charge is -2.42. The Morgan fingerprint density at radius 3 is 1.46 bits per heavy atom. The van der Waals surface area contributed by atoms with Crippen LogP contribution in [-0.4, -0.2) is 21.7 Å². The lowest BCUT2D eigenvalue weighted by molar-refractivity contribution is 0.0999. The highest BCUT2D eigenvalue weighted by Crippen LogP contribution is 2.45. The van der Waals surface area contributed by atoms with Gasteiger partial charge in [0.2, 0.25) is 0 Å². The summed E-state index contributed by atoms with van der Waals surface area (Å²) in [6.07, 6.45) is 0. The van der Waals surface area contributed by atoms with E-state index in [1.165, 1.54) is 0 Å². The minimum absolute atomic E-state index is 0.0728. The number of ketones is 1. The zero-order valence-corrected chi connectivity index (χ0v) is 15.9. The quantitative estimate of drug-likeness (QED) is 0.306. The van der Waals surface area contributed by atoms with Crippen molar-refractivity contribution in [1.29, 1.82) is 0 Å². The Labute approximate surface area is 143 Å². The van der Waals surface area contributed by atoms with Crippen molar-refractivity contribution in [3.8, 4) is 0 Å². The van der Waals surface area contributed by atoms with E-state index < -0.39 is 48.2 Å². The van der Waals surface area contributed by atoms with E-state index in [4.69, 9.17) is 7.85 Å². The van der Waals surface area contributed by atoms with Crippen molar-refractivity contribution < 1.29 is 22.4 Å². The zero-order chi connectivity index (χ0) is 19.0. The van der Waals surface area contributed by atoms with E-state index in [0.29, 0.717) is 0 Å². The lowest BCUT2D eigenvalue weighted by Crippen LogP contribution is -2.46. The predicted molar refractivity (Wildman–Crippen MR) is 91.8 cm³/mol. The summed E-state index contributed by atoms with van der Waals surface area (Å²) in [6, 6.07) is -0.0728. The number of hydrogen-bond acceptors (Lipinski definition) is 1. The maximum absolute atomic E-state index is 14.1. The molecule has 0 heterocycles. The van der Waals surface area contributed by atoms with Gasteiger partial charge in [0.15, 0.2) is 29.1 Å². The van der Waals surface area contributed by atoms with Crippen LogP contribution in [0.2, 0.25) is 22.7 Å². The summed E-state index contributed by atoms with van der Waals surface area (Å²) in [6.45, 7) is 11.9. The Hall–Kier alpha value is -1.11. The summed E-state index contributed by atoms with van der Waals surface area (Å²) in [5, 5.41) is 0. The summed E-state index contributed by atoms with van der Waals surface area (Å²) in [5.74, 6) is -7.76. The second-order valence-corrected chi connectivity index (χ2v) is 13.3. The van der Waals surface area contributed by atoms with Crippen LogP contribution in [0.1, 0.15) is 51.9 Å². The van der Waals surface area contributed by atoms with Gasteiger partial charge in [-0.3, -0.25) is 4.79 Å². The third kappa shape index (κ3) is 3.32. The Morgan fingerprint density at radius 2 is 1.17 bits per heavy atom. The van der Waals surface area contributed by atoms with Crippen LogP contribution in [0.4, 0.5) is 17.6 Å². The van der Waals surface area contributed by atoms with Gasteiger partial charge in [0.1, 0.15) is 7.85 Å². The maximum Gasteiger partial charge on any atom is 0.172 e. The summed E-state index contributed by atoms with van der Waals surface area (Å²) in [4.78, 5) is 12.6. The molecule has 1 aromatic rings. The van der Waals surface area contributed by atoms with Crippen molar-refractivity contribution in [3.63, 3.8) is 0 Å². The summed E-state index contributed by atoms with van der Waals surface area (Å²) < 4.78 is 55.4. The Kier molecular flexibility index (Phi) is 6.47. The van der Waals surface area contributed by atoms with E-state index in [0.717, 1.165) is 0 Å². The molecule has 2 radical (unpaired) electrons. The van der Waals surface area contributed by atoms with Crippen molar-refractivity contribution in [1.82, 2.24) is 0 Å². The van der Waals surface area contributed by atoms with Crippen LogP contribution in [0.5, 0.6) is 0 Å². The molecule has 0 spiro atoms. The molecule has 0 unspecified atom stereocenters. The predicted octanol–water partition coefficient (Wildman–Crippen LogP) is 4.90. The first kappa shape index (κ1) is 20.9. The average molecular weight is 358 g/mol. The topological polar surface area (TPSA) is 17.1 Å². The molecule has 0 saturated carbocycles. The molecule has 0 saturated heterocycles. The molecule has 0 atom stereocenters. The van der Waals surface area contributed by atoms with Gasteiger partial charge in [-0.25, -0.2) is 17.6 Å². The number of halogens is 4. The van der Waals surface area contributed by atoms with E-state index in [1.807, 2.05) is 41.5 Å². The molecule has 1 nitrogen and oxygen atoms in total. The summed E-state index contributed by atoms with van der Waals surface area (Å²) in [5.41, 5.74) is -1.91. The molecule has 0 N–H and O–H groups in total. The number of hydrogen-bond donors (Lipinski definition) is 0. The fraction of sp³-hybridized carbons (Fsp3) is 0.588. The van der Waals surface area contributed by atoms with Gasteiger partial charge in [-0.1, -0.05) is 58.2 Å². The van der Waals surface area contributed by atoms with Crippen molar-refractivity contribution in [2.24, 2.45) is 0 Å². The van der Waals surface area contributed by atoms with Crippen molar-refractivity contribution in [3.05, 3.63) is 28.8 Å². The van der Waals surface area contributed by atoms with Crippen molar-refractivity contribution >= 4 is 27.2 Å². The van der Waals surface area contributed by atoms with Crippen LogP contribution in [0, 0.1) is 23.3 Å². The normalized spacial score (nSPS) is 12.5. The van der Waals surface area contributed by atoms with Crippen LogP contribution in [0.15, 0.2) is 0 Å². The van der Waals surface area contributed by atoms with E-state index in [-0.39, 0.29) is 22.7 Å². The molecule has 1 rings (SSSR count). The Balaban J connectivity index is 3.48. The number of carbonyl (C=O) groups excluding carboxylic acids is 1. The molecule has 0 aliphatic rings. The second kappa shape index (κ2) is 7.42. The van der Waals surface area contributed by atoms with Gasteiger partial charge < -0.3 is 0 Å². The number of rotatable bonds is 6. The Bertz CT molecular complexity index is 593. The van der Waals surface area contributed by atoms with E-state index in [1.54, 1.807) is 0 Å². The first-order valence-corrected chi connectivity index (χ1v) is 10.5. The van der Waals surface area contributed by atoms with Crippen LogP contribution < -0.4 is 5.46 Å². The fourth-order valence-electron chi connectivity index (χ4n) is 3.87. The Morgan fingerprint density at radius 1 is 0.833 bits per heavy atom. The minimum atomic E-state index is -2.33. The molecule has 0 amide bonds. The third-order valence-electron chi connectivity index (χ3n) is 5.27. The number of carbonyl (C=O) groups is 1. The highest BCUT2D eigenvalue weighted by Gasteiger charge is 2.45. The summed E-state index contributed by atoms with van der Waals surface area (Å²) >= 11 is 0. The van der Waals surface area contributed by atoms with Crippen LogP contribution >= 0.6 is 0 Å². The molecule has 0 aromatic heterocycles. The zero-order valence-electron chi connectivity index (χ0n) is 14.9. The summed E-state index contributed by atoms with van der Waals surface area (Å²) in [7, 11) is 2.67. The van der Waals surface area contributed by atoms with Crippen LogP contribution in [0.3, 0.4) is 0 Å². The molecule has 132 valence electrons. The molecule has 0 bridgehead atoms. The molecule has 24 heavy (non-hydrogen) atoms. The number of benzene rings is 1. The minimum Gasteiger partial charge on any atom is -0.294 e. The highest BCUT2D eigenvalue weighted by atomic mass is 28.3. The molecular formula is C17H23BF4OSi. The SMILES string of the molecule is [B]c1c(F)c(F)c(C(=O)C[Si](C(C)C)(C(C)C)C(C)C)c(F)c1F. The van der Waals surface area contributed by atoms with E-state index in [2.05, 4.69) is 0 Å². The molecular weight excluding hydrogens is 335 g/mol. The molecule has 0 aliphatic carbocycles. The lowest BCUT2D eigenvalue weighted by atomic mass is 9.92. The smallest absolute Gasteiger partial charge is 0.172 e. The van der Waals surface area contributed by atoms with Gasteiger partial charge in [-0.05, 0) is 5.46 Å². The second-order valence-electron chi connectivity index (χ2n) is 7.22. The monoisotopic (exact) mass is 358 g/mol. The number of Topliss-reactive ketones (excluding diaryl/α,β-unsaturated/α-hetero) is 1. The molecule has 1 aromatic carbocycles. The van der Waals surface area contributed by atoms with Crippen LogP contribution in [-0.2, 0) is 0 Å². The van der Waals surface area contributed by atoms with E-state index >= 15 is 0 Å². The average Bonchev–Trinajstić information content (AvgIpc) is 2.47. The molecule has 0 aliphatic heterocycles. The van der Waals surface area contributed by atoms with Gasteiger partial charge in [-0.2, -0.15) is 0 Å². The van der Waals surface area contributed by atoms with Crippen LogP contribution in [0.25, 0.3) is 0 Å². The maximum atomic E-state index is 14.1.